The van der Waals surface area contributed by atoms with Gasteiger partial charge < -0.3 is 0 Å². The molecule has 0 aliphatic rings. The van der Waals surface area contributed by atoms with Crippen LogP contribution in [0.1, 0.15) is 22.5 Å². The first kappa shape index (κ1) is 9.90. The molecule has 0 saturated carbocycles. The average Bonchev–Trinajstić information content (AvgIpc) is 2.48. The van der Waals surface area contributed by atoms with E-state index in [9.17, 15) is 0 Å². The van der Waals surface area contributed by atoms with Crippen LogP contribution in [0.3, 0.4) is 0 Å². The molecule has 0 bridgehead atoms. The first-order valence-electron chi connectivity index (χ1n) is 5.08. The van der Waals surface area contributed by atoms with Gasteiger partial charge in [-0.15, -0.1) is 0 Å². The second kappa shape index (κ2) is 3.85. The van der Waals surface area contributed by atoms with Crippen LogP contribution in [0.15, 0.2) is 24.5 Å². The van der Waals surface area contributed by atoms with E-state index in [1.165, 1.54) is 16.8 Å². The lowest BCUT2D eigenvalue weighted by molar-refractivity contribution is 0.658. The fourth-order valence-corrected chi connectivity index (χ4v) is 1.60. The van der Waals surface area contributed by atoms with Crippen molar-refractivity contribution in [3.63, 3.8) is 0 Å². The first-order chi connectivity index (χ1) is 7.18. The topological polar surface area (TPSA) is 30.7 Å². The molecule has 78 valence electrons. The van der Waals surface area contributed by atoms with Crippen LogP contribution in [-0.2, 0) is 6.54 Å². The maximum atomic E-state index is 4.50. The fourth-order valence-electron chi connectivity index (χ4n) is 1.60. The van der Waals surface area contributed by atoms with Gasteiger partial charge in [-0.3, -0.25) is 9.67 Å². The van der Waals surface area contributed by atoms with E-state index in [1.807, 2.05) is 36.1 Å². The van der Waals surface area contributed by atoms with E-state index in [0.717, 1.165) is 12.2 Å². The number of nitrogens with zero attached hydrogens (tertiary/aromatic N) is 3. The molecule has 0 aromatic carbocycles. The molecular weight excluding hydrogens is 186 g/mol. The third-order valence-electron chi connectivity index (χ3n) is 2.82. The first-order valence-corrected chi connectivity index (χ1v) is 5.08. The summed E-state index contributed by atoms with van der Waals surface area (Å²) in [6.07, 6.45) is 3.63. The molecule has 0 unspecified atom stereocenters. The number of hydrogen-bond acceptors (Lipinski definition) is 2. The molecule has 0 aliphatic carbocycles. The molecule has 2 rings (SSSR count). The Hall–Kier alpha value is -1.64. The van der Waals surface area contributed by atoms with E-state index in [1.54, 1.807) is 0 Å². The molecule has 0 fully saturated rings. The smallest absolute Gasteiger partial charge is 0.0663 e. The summed E-state index contributed by atoms with van der Waals surface area (Å²) in [6, 6.07) is 4.04. The van der Waals surface area contributed by atoms with Crippen molar-refractivity contribution in [2.24, 2.45) is 0 Å². The van der Waals surface area contributed by atoms with Gasteiger partial charge in [0.2, 0.25) is 0 Å². The van der Waals surface area contributed by atoms with Gasteiger partial charge in [-0.1, -0.05) is 0 Å². The zero-order chi connectivity index (χ0) is 10.8. The highest BCUT2D eigenvalue weighted by Gasteiger charge is 2.06. The summed E-state index contributed by atoms with van der Waals surface area (Å²) in [7, 11) is 0. The van der Waals surface area contributed by atoms with Gasteiger partial charge in [-0.25, -0.2) is 0 Å². The molecule has 0 atom stereocenters. The lowest BCUT2D eigenvalue weighted by Gasteiger charge is -2.04. The summed E-state index contributed by atoms with van der Waals surface area (Å²) < 4.78 is 2.04. The number of aromatic nitrogens is 3. The Kier molecular flexibility index (Phi) is 2.54. The fraction of sp³-hybridized carbons (Fsp3) is 0.333. The molecule has 0 amide bonds. The van der Waals surface area contributed by atoms with Gasteiger partial charge >= 0.3 is 0 Å². The van der Waals surface area contributed by atoms with Crippen LogP contribution in [0.4, 0.5) is 0 Å². The summed E-state index contributed by atoms with van der Waals surface area (Å²) in [5.41, 5.74) is 4.87. The zero-order valence-corrected chi connectivity index (χ0v) is 9.36. The molecule has 2 aromatic rings. The van der Waals surface area contributed by atoms with Crippen LogP contribution < -0.4 is 0 Å². The highest BCUT2D eigenvalue weighted by Crippen LogP contribution is 2.12. The van der Waals surface area contributed by atoms with Crippen molar-refractivity contribution in [1.82, 2.24) is 14.8 Å². The van der Waals surface area contributed by atoms with Gasteiger partial charge in [-0.05, 0) is 44.0 Å². The summed E-state index contributed by atoms with van der Waals surface area (Å²) in [5.74, 6) is 0. The second-order valence-electron chi connectivity index (χ2n) is 3.81. The Balaban J connectivity index is 2.29. The SMILES string of the molecule is Cc1nn(Cc2ccncc2)c(C)c1C. The highest BCUT2D eigenvalue weighted by molar-refractivity contribution is 5.23. The van der Waals surface area contributed by atoms with Crippen LogP contribution in [0.2, 0.25) is 0 Å². The van der Waals surface area contributed by atoms with Crippen molar-refractivity contribution in [3.05, 3.63) is 47.0 Å². The van der Waals surface area contributed by atoms with Crippen LogP contribution in [0, 0.1) is 20.8 Å². The Morgan fingerprint density at radius 3 is 2.33 bits per heavy atom. The predicted molar refractivity (Wildman–Crippen MR) is 59.8 cm³/mol. The van der Waals surface area contributed by atoms with Gasteiger partial charge in [0, 0.05) is 18.1 Å². The van der Waals surface area contributed by atoms with E-state index in [2.05, 4.69) is 23.9 Å². The Morgan fingerprint density at radius 1 is 1.13 bits per heavy atom. The largest absolute Gasteiger partial charge is 0.265 e. The number of aryl methyl sites for hydroxylation is 1. The minimum absolute atomic E-state index is 0.822. The van der Waals surface area contributed by atoms with Gasteiger partial charge in [0.1, 0.15) is 0 Å². The Morgan fingerprint density at radius 2 is 1.80 bits per heavy atom. The second-order valence-corrected chi connectivity index (χ2v) is 3.81. The number of rotatable bonds is 2. The molecule has 3 nitrogen and oxygen atoms in total. The molecule has 2 heterocycles. The number of pyridine rings is 1. The van der Waals surface area contributed by atoms with Crippen LogP contribution in [0.25, 0.3) is 0 Å². The molecule has 15 heavy (non-hydrogen) atoms. The minimum atomic E-state index is 0.822. The van der Waals surface area contributed by atoms with Crippen LogP contribution >= 0.6 is 0 Å². The molecule has 2 aromatic heterocycles. The third-order valence-corrected chi connectivity index (χ3v) is 2.82. The number of hydrogen-bond donors (Lipinski definition) is 0. The molecule has 3 heteroatoms. The van der Waals surface area contributed by atoms with Gasteiger partial charge in [0.15, 0.2) is 0 Å². The normalized spacial score (nSPS) is 10.6. The summed E-state index contributed by atoms with van der Waals surface area (Å²) in [5, 5.41) is 4.50. The predicted octanol–water partition coefficient (Wildman–Crippen LogP) is 2.25. The summed E-state index contributed by atoms with van der Waals surface area (Å²) in [6.45, 7) is 7.09. The van der Waals surface area contributed by atoms with Crippen molar-refractivity contribution in [2.45, 2.75) is 27.3 Å². The van der Waals surface area contributed by atoms with Crippen molar-refractivity contribution < 1.29 is 0 Å². The highest BCUT2D eigenvalue weighted by atomic mass is 15.3. The van der Waals surface area contributed by atoms with E-state index in [-0.39, 0.29) is 0 Å². The van der Waals surface area contributed by atoms with Crippen molar-refractivity contribution >= 4 is 0 Å². The molecule has 0 saturated heterocycles. The van der Waals surface area contributed by atoms with E-state index < -0.39 is 0 Å². The van der Waals surface area contributed by atoms with E-state index in [0.29, 0.717) is 0 Å². The average molecular weight is 201 g/mol. The summed E-state index contributed by atoms with van der Waals surface area (Å²) >= 11 is 0. The van der Waals surface area contributed by atoms with E-state index >= 15 is 0 Å². The van der Waals surface area contributed by atoms with Gasteiger partial charge in [0.25, 0.3) is 0 Å². The van der Waals surface area contributed by atoms with E-state index in [4.69, 9.17) is 0 Å². The zero-order valence-electron chi connectivity index (χ0n) is 9.36. The molecule has 0 N–H and O–H groups in total. The van der Waals surface area contributed by atoms with Crippen molar-refractivity contribution in [3.8, 4) is 0 Å². The molecule has 0 radical (unpaired) electrons. The van der Waals surface area contributed by atoms with Crippen molar-refractivity contribution in [1.29, 1.82) is 0 Å². The quantitative estimate of drug-likeness (QED) is 0.746. The van der Waals surface area contributed by atoms with Gasteiger partial charge in [-0.2, -0.15) is 5.10 Å². The monoisotopic (exact) mass is 201 g/mol. The lowest BCUT2D eigenvalue weighted by Crippen LogP contribution is -2.04. The maximum Gasteiger partial charge on any atom is 0.0663 e. The summed E-state index contributed by atoms with van der Waals surface area (Å²) in [4.78, 5) is 4.00. The lowest BCUT2D eigenvalue weighted by atomic mass is 10.2. The maximum absolute atomic E-state index is 4.50. The van der Waals surface area contributed by atoms with Gasteiger partial charge in [0.05, 0.1) is 12.2 Å². The third kappa shape index (κ3) is 1.91. The Labute approximate surface area is 89.8 Å². The molecular formula is C12H15N3. The molecule has 0 spiro atoms. The standard InChI is InChI=1S/C12H15N3/c1-9-10(2)14-15(11(9)3)8-12-4-6-13-7-5-12/h4-7H,8H2,1-3H3. The van der Waals surface area contributed by atoms with Crippen LogP contribution in [-0.4, -0.2) is 14.8 Å². The van der Waals surface area contributed by atoms with Crippen molar-refractivity contribution in [2.75, 3.05) is 0 Å². The Bertz CT molecular complexity index is 457. The minimum Gasteiger partial charge on any atom is -0.265 e. The molecule has 0 aliphatic heterocycles. The van der Waals surface area contributed by atoms with Crippen LogP contribution in [0.5, 0.6) is 0 Å².